The Hall–Kier alpha value is -5.15. The maximum Gasteiger partial charge on any atom is 0.410 e. The maximum absolute atomic E-state index is 14.6. The van der Waals surface area contributed by atoms with Crippen molar-refractivity contribution < 1.29 is 43.1 Å². The Morgan fingerprint density at radius 1 is 0.932 bits per heavy atom. The lowest BCUT2D eigenvalue weighted by atomic mass is 9.87. The van der Waals surface area contributed by atoms with Gasteiger partial charge < -0.3 is 24.6 Å². The summed E-state index contributed by atoms with van der Waals surface area (Å²) < 4.78 is 5.97. The van der Waals surface area contributed by atoms with Gasteiger partial charge in [-0.05, 0) is 55.6 Å². The lowest BCUT2D eigenvalue weighted by molar-refractivity contribution is -0.144. The van der Waals surface area contributed by atoms with Gasteiger partial charge >= 0.3 is 6.09 Å². The molecule has 1 fully saturated rings. The van der Waals surface area contributed by atoms with Crippen molar-refractivity contribution in [1.29, 1.82) is 0 Å². The number of Topliss-reactive ketones (excluding diaryl/α,β-unsaturated/α-hetero) is 5. The number of aromatic amines is 1. The number of likely N-dealkylation sites (tertiary alicyclic amines) is 1. The highest BCUT2D eigenvalue weighted by Gasteiger charge is 2.45. The fourth-order valence-electron chi connectivity index (χ4n) is 7.82. The summed E-state index contributed by atoms with van der Waals surface area (Å²) >= 11 is 0. The summed E-state index contributed by atoms with van der Waals surface area (Å²) in [6.45, 7) is 11.1. The number of carbonyl (C=O) groups excluding carboxylic acids is 8. The standard InChI is InChI=1S/C43H61N7O9/c1-7-12-30(40(55)36(53)18-17-28(6)51)21-37(54)35-23-33(59-43(58)49-20-19-29-13-8-9-14-31(29)24-49)25-50(35)42(57)39(27(4)5)44-41(56)34(26(2)3)22-32(52)15-10-11-16-38-45-47-48-46-38/h8-9,13-14,26-27,30,33-35,39H,7,10-12,15-25H2,1-6H3,(H,44,56)(H,45,46,47,48)/t30?,33-,34-,35+,39+/m1/s1. The number of ketones is 5. The molecule has 3 amide bonds. The minimum absolute atomic E-state index is 0.00742. The van der Waals surface area contributed by atoms with Gasteiger partial charge in [-0.2, -0.15) is 5.21 Å². The molecule has 2 aliphatic heterocycles. The Labute approximate surface area is 346 Å². The van der Waals surface area contributed by atoms with Gasteiger partial charge in [0.25, 0.3) is 0 Å². The van der Waals surface area contributed by atoms with Crippen molar-refractivity contribution in [3.05, 3.63) is 41.2 Å². The molecule has 4 rings (SSSR count). The van der Waals surface area contributed by atoms with E-state index in [4.69, 9.17) is 4.74 Å². The number of rotatable bonds is 23. The molecule has 5 atom stereocenters. The third kappa shape index (κ3) is 13.4. The molecule has 3 heterocycles. The molecule has 1 saturated heterocycles. The summed E-state index contributed by atoms with van der Waals surface area (Å²) in [5.41, 5.74) is 2.16. The zero-order valence-electron chi connectivity index (χ0n) is 35.4. The molecule has 322 valence electrons. The van der Waals surface area contributed by atoms with Crippen molar-refractivity contribution in [2.45, 2.75) is 143 Å². The number of aryl methyl sites for hydroxylation is 1. The van der Waals surface area contributed by atoms with E-state index in [1.165, 1.54) is 11.8 Å². The van der Waals surface area contributed by atoms with E-state index in [1.807, 2.05) is 45.0 Å². The number of nitrogens with one attached hydrogen (secondary N) is 2. The van der Waals surface area contributed by atoms with Crippen molar-refractivity contribution in [2.24, 2.45) is 23.7 Å². The molecule has 59 heavy (non-hydrogen) atoms. The fraction of sp³-hybridized carbons (Fsp3) is 0.651. The maximum atomic E-state index is 14.6. The number of hydrogen-bond donors (Lipinski definition) is 2. The van der Waals surface area contributed by atoms with Crippen LogP contribution in [-0.4, -0.2) is 109 Å². The zero-order chi connectivity index (χ0) is 43.2. The van der Waals surface area contributed by atoms with Crippen LogP contribution in [0.4, 0.5) is 4.79 Å². The third-order valence-electron chi connectivity index (χ3n) is 11.3. The average Bonchev–Trinajstić information content (AvgIpc) is 3.89. The second kappa shape index (κ2) is 22.3. The van der Waals surface area contributed by atoms with Gasteiger partial charge in [-0.1, -0.05) is 70.5 Å². The van der Waals surface area contributed by atoms with Crippen LogP contribution in [0, 0.1) is 23.7 Å². The number of tetrazole rings is 1. The normalized spacial score (nSPS) is 17.9. The van der Waals surface area contributed by atoms with Crippen LogP contribution in [0.5, 0.6) is 0 Å². The third-order valence-corrected chi connectivity index (χ3v) is 11.3. The number of carbonyl (C=O) groups is 8. The number of unbranched alkanes of at least 4 members (excludes halogenated alkanes) is 1. The first kappa shape index (κ1) is 46.5. The Bertz CT molecular complexity index is 1810. The van der Waals surface area contributed by atoms with E-state index >= 15 is 0 Å². The van der Waals surface area contributed by atoms with Gasteiger partial charge in [-0.3, -0.25) is 28.8 Å². The van der Waals surface area contributed by atoms with Crippen LogP contribution in [0.1, 0.15) is 123 Å². The van der Waals surface area contributed by atoms with Crippen molar-refractivity contribution in [1.82, 2.24) is 35.7 Å². The lowest BCUT2D eigenvalue weighted by Gasteiger charge is -2.32. The molecule has 2 aromatic rings. The molecule has 0 radical (unpaired) electrons. The molecule has 0 aliphatic carbocycles. The monoisotopic (exact) mass is 819 g/mol. The molecule has 0 spiro atoms. The van der Waals surface area contributed by atoms with Crippen LogP contribution >= 0.6 is 0 Å². The van der Waals surface area contributed by atoms with Gasteiger partial charge in [0, 0.05) is 69.9 Å². The second-order valence-corrected chi connectivity index (χ2v) is 16.7. The fourth-order valence-corrected chi connectivity index (χ4v) is 7.82. The molecule has 1 aromatic heterocycles. The number of amides is 3. The van der Waals surface area contributed by atoms with Crippen LogP contribution in [-0.2, 0) is 57.7 Å². The van der Waals surface area contributed by atoms with Crippen molar-refractivity contribution in [2.75, 3.05) is 13.1 Å². The number of H-pyrrole nitrogens is 1. The minimum atomic E-state index is -1.10. The highest BCUT2D eigenvalue weighted by Crippen LogP contribution is 2.29. The molecular weight excluding hydrogens is 759 g/mol. The first-order chi connectivity index (χ1) is 28.1. The quantitative estimate of drug-likeness (QED) is 0.118. The largest absolute Gasteiger partial charge is 0.444 e. The number of benzene rings is 1. The van der Waals surface area contributed by atoms with Gasteiger partial charge in [-0.25, -0.2) is 4.79 Å². The topological polar surface area (TPSA) is 219 Å². The number of nitrogens with zero attached hydrogens (tertiary/aromatic N) is 5. The van der Waals surface area contributed by atoms with Crippen molar-refractivity contribution in [3.8, 4) is 0 Å². The summed E-state index contributed by atoms with van der Waals surface area (Å²) in [7, 11) is 0. The minimum Gasteiger partial charge on any atom is -0.444 e. The average molecular weight is 820 g/mol. The molecule has 2 N–H and O–H groups in total. The second-order valence-electron chi connectivity index (χ2n) is 16.7. The Balaban J connectivity index is 1.50. The van der Waals surface area contributed by atoms with Crippen LogP contribution in [0.15, 0.2) is 24.3 Å². The van der Waals surface area contributed by atoms with Gasteiger partial charge in [0.1, 0.15) is 23.7 Å². The van der Waals surface area contributed by atoms with E-state index in [-0.39, 0.29) is 69.0 Å². The van der Waals surface area contributed by atoms with Crippen LogP contribution in [0.3, 0.4) is 0 Å². The highest BCUT2D eigenvalue weighted by atomic mass is 16.6. The van der Waals surface area contributed by atoms with Gasteiger partial charge in [-0.15, -0.1) is 10.2 Å². The highest BCUT2D eigenvalue weighted by molar-refractivity contribution is 6.38. The summed E-state index contributed by atoms with van der Waals surface area (Å²) in [6.07, 6.45) is 1.42. The summed E-state index contributed by atoms with van der Waals surface area (Å²) in [5.74, 6) is -4.97. The molecule has 0 saturated carbocycles. The first-order valence-corrected chi connectivity index (χ1v) is 21.1. The Kier molecular flexibility index (Phi) is 17.6. The number of fused-ring (bicyclic) bond motifs is 1. The molecule has 0 bridgehead atoms. The van der Waals surface area contributed by atoms with E-state index in [2.05, 4.69) is 25.9 Å². The Morgan fingerprint density at radius 3 is 2.31 bits per heavy atom. The van der Waals surface area contributed by atoms with E-state index in [0.717, 1.165) is 11.1 Å². The van der Waals surface area contributed by atoms with Crippen molar-refractivity contribution in [3.63, 3.8) is 0 Å². The Morgan fingerprint density at radius 2 is 1.66 bits per heavy atom. The summed E-state index contributed by atoms with van der Waals surface area (Å²) in [5, 5.41) is 16.7. The van der Waals surface area contributed by atoms with E-state index < -0.39 is 71.2 Å². The lowest BCUT2D eigenvalue weighted by Crippen LogP contribution is -2.55. The number of aromatic nitrogens is 4. The van der Waals surface area contributed by atoms with Crippen LogP contribution in [0.2, 0.25) is 0 Å². The molecular formula is C43H61N7O9. The predicted molar refractivity (Wildman–Crippen MR) is 215 cm³/mol. The zero-order valence-corrected chi connectivity index (χ0v) is 35.4. The molecule has 2 aliphatic rings. The molecule has 16 heteroatoms. The summed E-state index contributed by atoms with van der Waals surface area (Å²) in [4.78, 5) is 110. The van der Waals surface area contributed by atoms with Crippen LogP contribution < -0.4 is 5.32 Å². The van der Waals surface area contributed by atoms with E-state index in [1.54, 1.807) is 18.7 Å². The molecule has 1 aromatic carbocycles. The summed E-state index contributed by atoms with van der Waals surface area (Å²) in [6, 6.07) is 5.65. The van der Waals surface area contributed by atoms with E-state index in [0.29, 0.717) is 51.0 Å². The van der Waals surface area contributed by atoms with E-state index in [9.17, 15) is 38.4 Å². The SMILES string of the molecule is CCCC(CC(=O)[C@@H]1C[C@@H](OC(=O)N2CCc3ccccc3C2)CN1C(=O)[C@@H](NC(=O)[C@H](CC(=O)CCCCc1nn[nH]n1)C(C)C)C(C)C)C(=O)C(=O)CCC(C)=O. The van der Waals surface area contributed by atoms with Gasteiger partial charge in [0.05, 0.1) is 12.6 Å². The van der Waals surface area contributed by atoms with Gasteiger partial charge in [0.2, 0.25) is 17.6 Å². The van der Waals surface area contributed by atoms with Gasteiger partial charge in [0.15, 0.2) is 17.4 Å². The van der Waals surface area contributed by atoms with Crippen LogP contribution in [0.25, 0.3) is 0 Å². The molecule has 16 nitrogen and oxygen atoms in total. The first-order valence-electron chi connectivity index (χ1n) is 21.1. The van der Waals surface area contributed by atoms with Crippen molar-refractivity contribution >= 4 is 46.8 Å². The number of ether oxygens (including phenoxy) is 1. The predicted octanol–water partition coefficient (Wildman–Crippen LogP) is 4.33. The molecule has 1 unspecified atom stereocenters. The number of hydrogen-bond acceptors (Lipinski definition) is 12. The smallest absolute Gasteiger partial charge is 0.410 e.